The molecule has 9 heteroatoms. The number of aryl methyl sites for hydroxylation is 1. The predicted molar refractivity (Wildman–Crippen MR) is 116 cm³/mol. The van der Waals surface area contributed by atoms with Crippen molar-refractivity contribution < 1.29 is 27.1 Å². The van der Waals surface area contributed by atoms with E-state index >= 15 is 0 Å². The van der Waals surface area contributed by atoms with Crippen LogP contribution in [0.15, 0.2) is 60.7 Å². The predicted octanol–water partition coefficient (Wildman–Crippen LogP) is 6.11. The number of fused-ring (bicyclic) bond motifs is 1. The number of halogens is 4. The zero-order valence-electron chi connectivity index (χ0n) is 17.5. The number of anilines is 1. The van der Waals surface area contributed by atoms with Crippen LogP contribution in [0.25, 0.3) is 10.9 Å². The number of amides is 1. The number of hydrogen-bond acceptors (Lipinski definition) is 3. The molecule has 0 aliphatic heterocycles. The van der Waals surface area contributed by atoms with Gasteiger partial charge in [0.15, 0.2) is 5.82 Å². The number of hydrogen-bond donors (Lipinski definition) is 2. The molecule has 0 spiro atoms. The molecular formula is C24H19F4N3O2. The molecule has 0 radical (unpaired) electrons. The maximum absolute atomic E-state index is 13.3. The molecule has 170 valence electrons. The fourth-order valence-electron chi connectivity index (χ4n) is 3.35. The minimum Gasteiger partial charge on any atom is -0.489 e. The SMILES string of the molecule is CCc1ccc(C(=O)Nc2n[nH]c3ccc(OCc4ccc(F)cc4C(F)(F)F)cc23)cc1. The van der Waals surface area contributed by atoms with Crippen LogP contribution in [0, 0.1) is 5.82 Å². The van der Waals surface area contributed by atoms with Crippen molar-refractivity contribution in [2.45, 2.75) is 26.1 Å². The molecule has 1 heterocycles. The smallest absolute Gasteiger partial charge is 0.416 e. The Hall–Kier alpha value is -3.88. The summed E-state index contributed by atoms with van der Waals surface area (Å²) >= 11 is 0. The van der Waals surface area contributed by atoms with E-state index in [1.807, 2.05) is 19.1 Å². The first kappa shape index (κ1) is 22.3. The van der Waals surface area contributed by atoms with Gasteiger partial charge < -0.3 is 10.1 Å². The summed E-state index contributed by atoms with van der Waals surface area (Å²) in [5, 5.41) is 10.2. The van der Waals surface area contributed by atoms with E-state index in [1.165, 1.54) is 0 Å². The van der Waals surface area contributed by atoms with Crippen molar-refractivity contribution in [1.82, 2.24) is 10.2 Å². The number of carbonyl (C=O) groups is 1. The average Bonchev–Trinajstić information content (AvgIpc) is 3.19. The second kappa shape index (κ2) is 8.93. The van der Waals surface area contributed by atoms with Crippen LogP contribution in [0.5, 0.6) is 5.75 Å². The van der Waals surface area contributed by atoms with Gasteiger partial charge in [0.1, 0.15) is 18.2 Å². The van der Waals surface area contributed by atoms with E-state index in [-0.39, 0.29) is 23.0 Å². The molecule has 1 aromatic heterocycles. The second-order valence-corrected chi connectivity index (χ2v) is 7.37. The Bertz CT molecular complexity index is 1300. The zero-order chi connectivity index (χ0) is 23.6. The van der Waals surface area contributed by atoms with Gasteiger partial charge in [-0.3, -0.25) is 9.89 Å². The summed E-state index contributed by atoms with van der Waals surface area (Å²) in [7, 11) is 0. The number of benzene rings is 3. The van der Waals surface area contributed by atoms with Crippen LogP contribution in [-0.2, 0) is 19.2 Å². The van der Waals surface area contributed by atoms with E-state index in [4.69, 9.17) is 4.74 Å². The lowest BCUT2D eigenvalue weighted by molar-refractivity contribution is -0.138. The van der Waals surface area contributed by atoms with Crippen LogP contribution in [0.2, 0.25) is 0 Å². The monoisotopic (exact) mass is 457 g/mol. The molecule has 0 atom stereocenters. The summed E-state index contributed by atoms with van der Waals surface area (Å²) in [6.07, 6.45) is -3.85. The van der Waals surface area contributed by atoms with E-state index in [0.717, 1.165) is 24.1 Å². The van der Waals surface area contributed by atoms with Crippen molar-refractivity contribution >= 4 is 22.6 Å². The van der Waals surface area contributed by atoms with Crippen molar-refractivity contribution in [3.05, 3.63) is 88.7 Å². The summed E-state index contributed by atoms with van der Waals surface area (Å²) in [4.78, 5) is 12.6. The van der Waals surface area contributed by atoms with E-state index in [0.29, 0.717) is 22.5 Å². The van der Waals surface area contributed by atoms with Gasteiger partial charge in [-0.2, -0.15) is 18.3 Å². The van der Waals surface area contributed by atoms with E-state index in [1.54, 1.807) is 30.3 Å². The lowest BCUT2D eigenvalue weighted by Crippen LogP contribution is -2.12. The largest absolute Gasteiger partial charge is 0.489 e. The van der Waals surface area contributed by atoms with Crippen LogP contribution in [0.3, 0.4) is 0 Å². The Balaban J connectivity index is 1.53. The average molecular weight is 457 g/mol. The Kier molecular flexibility index (Phi) is 6.04. The van der Waals surface area contributed by atoms with Gasteiger partial charge in [-0.05, 0) is 54.4 Å². The minimum atomic E-state index is -4.71. The number of carbonyl (C=O) groups excluding carboxylic acids is 1. The van der Waals surface area contributed by atoms with E-state index < -0.39 is 24.2 Å². The summed E-state index contributed by atoms with van der Waals surface area (Å²) in [6.45, 7) is 1.61. The third kappa shape index (κ3) is 4.97. The first-order valence-corrected chi connectivity index (χ1v) is 10.1. The number of alkyl halides is 3. The van der Waals surface area contributed by atoms with Gasteiger partial charge in [-0.15, -0.1) is 0 Å². The van der Waals surface area contributed by atoms with Gasteiger partial charge in [-0.25, -0.2) is 4.39 Å². The topological polar surface area (TPSA) is 67.0 Å². The number of ether oxygens (including phenoxy) is 1. The summed E-state index contributed by atoms with van der Waals surface area (Å²) < 4.78 is 58.4. The summed E-state index contributed by atoms with van der Waals surface area (Å²) in [5.41, 5.74) is 0.894. The molecule has 5 nitrogen and oxygen atoms in total. The summed E-state index contributed by atoms with van der Waals surface area (Å²) in [5.74, 6) is -0.795. The van der Waals surface area contributed by atoms with Gasteiger partial charge in [0.05, 0.1) is 11.1 Å². The van der Waals surface area contributed by atoms with Crippen molar-refractivity contribution in [1.29, 1.82) is 0 Å². The first-order chi connectivity index (χ1) is 15.7. The highest BCUT2D eigenvalue weighted by Gasteiger charge is 2.33. The minimum absolute atomic E-state index is 0.194. The van der Waals surface area contributed by atoms with Crippen LogP contribution < -0.4 is 10.1 Å². The Morgan fingerprint density at radius 2 is 1.82 bits per heavy atom. The third-order valence-corrected chi connectivity index (χ3v) is 5.16. The molecule has 0 saturated carbocycles. The van der Waals surface area contributed by atoms with E-state index in [9.17, 15) is 22.4 Å². The number of aromatic nitrogens is 2. The summed E-state index contributed by atoms with van der Waals surface area (Å²) in [6, 6.07) is 14.4. The molecule has 33 heavy (non-hydrogen) atoms. The highest BCUT2D eigenvalue weighted by molar-refractivity contribution is 6.08. The molecule has 4 rings (SSSR count). The van der Waals surface area contributed by atoms with E-state index in [2.05, 4.69) is 15.5 Å². The number of H-pyrrole nitrogens is 1. The van der Waals surface area contributed by atoms with Crippen molar-refractivity contribution in [3.63, 3.8) is 0 Å². The normalized spacial score (nSPS) is 11.5. The Morgan fingerprint density at radius 3 is 2.52 bits per heavy atom. The fraction of sp³-hybridized carbons (Fsp3) is 0.167. The van der Waals surface area contributed by atoms with Gasteiger partial charge in [0.25, 0.3) is 5.91 Å². The Morgan fingerprint density at radius 1 is 1.06 bits per heavy atom. The highest BCUT2D eigenvalue weighted by atomic mass is 19.4. The molecule has 2 N–H and O–H groups in total. The van der Waals surface area contributed by atoms with Gasteiger partial charge in [-0.1, -0.05) is 25.1 Å². The van der Waals surface area contributed by atoms with Crippen molar-refractivity contribution in [2.24, 2.45) is 0 Å². The van der Waals surface area contributed by atoms with Crippen molar-refractivity contribution in [2.75, 3.05) is 5.32 Å². The van der Waals surface area contributed by atoms with Crippen molar-refractivity contribution in [3.8, 4) is 5.75 Å². The number of rotatable bonds is 6. The van der Waals surface area contributed by atoms with Gasteiger partial charge in [0.2, 0.25) is 0 Å². The molecule has 0 bridgehead atoms. The molecule has 1 amide bonds. The quantitative estimate of drug-likeness (QED) is 0.343. The van der Waals surface area contributed by atoms with Crippen LogP contribution in [-0.4, -0.2) is 16.1 Å². The molecule has 4 aromatic rings. The molecular weight excluding hydrogens is 438 g/mol. The molecule has 0 fully saturated rings. The van der Waals surface area contributed by atoms with Gasteiger partial charge in [0, 0.05) is 16.5 Å². The fourth-order valence-corrected chi connectivity index (χ4v) is 3.35. The van der Waals surface area contributed by atoms with Crippen LogP contribution in [0.4, 0.5) is 23.4 Å². The molecule has 0 unspecified atom stereocenters. The number of nitrogens with zero attached hydrogens (tertiary/aromatic N) is 1. The van der Waals surface area contributed by atoms with Crippen LogP contribution in [0.1, 0.15) is 34.0 Å². The van der Waals surface area contributed by atoms with Crippen LogP contribution >= 0.6 is 0 Å². The molecule has 0 aliphatic rings. The Labute approximate surface area is 186 Å². The third-order valence-electron chi connectivity index (χ3n) is 5.16. The molecule has 0 aliphatic carbocycles. The van der Waals surface area contributed by atoms with Gasteiger partial charge >= 0.3 is 6.18 Å². The standard InChI is InChI=1S/C24H19F4N3O2/c1-2-14-3-5-15(6-4-14)23(32)29-22-19-12-18(9-10-21(19)30-31-22)33-13-16-7-8-17(25)11-20(16)24(26,27)28/h3-12H,2,13H2,1H3,(H2,29,30,31,32). The lowest BCUT2D eigenvalue weighted by atomic mass is 10.1. The zero-order valence-corrected chi connectivity index (χ0v) is 17.5. The lowest BCUT2D eigenvalue weighted by Gasteiger charge is -2.14. The maximum atomic E-state index is 13.3. The second-order valence-electron chi connectivity index (χ2n) is 7.37. The maximum Gasteiger partial charge on any atom is 0.416 e. The molecule has 0 saturated heterocycles. The first-order valence-electron chi connectivity index (χ1n) is 10.1. The number of aromatic amines is 1. The highest BCUT2D eigenvalue weighted by Crippen LogP contribution is 2.33. The molecule has 3 aromatic carbocycles. The number of nitrogens with one attached hydrogen (secondary N) is 2.